The number of amides is 1. The van der Waals surface area contributed by atoms with E-state index in [1.807, 2.05) is 89.5 Å². The second-order valence-electron chi connectivity index (χ2n) is 8.20. The number of hydrazone groups is 1. The van der Waals surface area contributed by atoms with Crippen LogP contribution in [0, 0.1) is 0 Å². The maximum absolute atomic E-state index is 12.9. The van der Waals surface area contributed by atoms with Gasteiger partial charge in [-0.15, -0.1) is 0 Å². The van der Waals surface area contributed by atoms with E-state index < -0.39 is 0 Å². The number of hydrogen-bond donors (Lipinski definition) is 1. The predicted octanol–water partition coefficient (Wildman–Crippen LogP) is 5.54. The van der Waals surface area contributed by atoms with Crippen LogP contribution in [0.5, 0.6) is 5.75 Å². The summed E-state index contributed by atoms with van der Waals surface area (Å²) in [6, 6.07) is 29.5. The van der Waals surface area contributed by atoms with Crippen molar-refractivity contribution in [2.75, 3.05) is 0 Å². The Morgan fingerprint density at radius 1 is 0.889 bits per heavy atom. The van der Waals surface area contributed by atoms with Crippen LogP contribution in [-0.4, -0.2) is 16.7 Å². The van der Waals surface area contributed by atoms with Crippen molar-refractivity contribution in [2.24, 2.45) is 5.10 Å². The van der Waals surface area contributed by atoms with E-state index in [4.69, 9.17) is 16.3 Å². The van der Waals surface area contributed by atoms with E-state index in [1.54, 1.807) is 18.3 Å². The number of hydrogen-bond acceptors (Lipinski definition) is 4. The van der Waals surface area contributed by atoms with Crippen molar-refractivity contribution < 1.29 is 9.53 Å². The molecule has 0 aliphatic rings. The van der Waals surface area contributed by atoms with Crippen molar-refractivity contribution in [2.45, 2.75) is 13.2 Å². The van der Waals surface area contributed by atoms with Crippen molar-refractivity contribution in [3.05, 3.63) is 123 Å². The van der Waals surface area contributed by atoms with Crippen LogP contribution in [-0.2, 0) is 17.9 Å². The molecule has 7 heteroatoms. The average molecular weight is 496 g/mol. The highest BCUT2D eigenvalue weighted by Gasteiger charge is 2.12. The zero-order chi connectivity index (χ0) is 24.9. The Kier molecular flexibility index (Phi) is 6.78. The number of fused-ring (bicyclic) bond motifs is 2. The van der Waals surface area contributed by atoms with Gasteiger partial charge in [-0.2, -0.15) is 5.10 Å². The number of carbonyl (C=O) groups excluding carboxylic acids is 1. The van der Waals surface area contributed by atoms with Crippen LogP contribution in [0.3, 0.4) is 0 Å². The number of nitrogens with one attached hydrogen (secondary N) is 1. The summed E-state index contributed by atoms with van der Waals surface area (Å²) < 4.78 is 7.68. The lowest BCUT2D eigenvalue weighted by molar-refractivity contribution is -0.121. The Labute approximate surface area is 212 Å². The van der Waals surface area contributed by atoms with Gasteiger partial charge in [-0.25, -0.2) is 5.43 Å². The van der Waals surface area contributed by atoms with Gasteiger partial charge >= 0.3 is 0 Å². The number of halogens is 1. The highest BCUT2D eigenvalue weighted by molar-refractivity contribution is 6.31. The molecule has 0 unspecified atom stereocenters. The number of para-hydroxylation sites is 2. The number of carbonyl (C=O) groups is 1. The minimum Gasteiger partial charge on any atom is -0.489 e. The van der Waals surface area contributed by atoms with Crippen LogP contribution < -0.4 is 15.6 Å². The van der Waals surface area contributed by atoms with Gasteiger partial charge in [-0.1, -0.05) is 66.2 Å². The smallest absolute Gasteiger partial charge is 0.260 e. The molecule has 0 aliphatic carbocycles. The van der Waals surface area contributed by atoms with Gasteiger partial charge in [-0.3, -0.25) is 9.59 Å². The molecule has 0 saturated heterocycles. The van der Waals surface area contributed by atoms with Crippen LogP contribution in [0.4, 0.5) is 0 Å². The Hall–Kier alpha value is -4.42. The fourth-order valence-corrected chi connectivity index (χ4v) is 4.26. The minimum atomic E-state index is -0.309. The summed E-state index contributed by atoms with van der Waals surface area (Å²) >= 11 is 6.19. The van der Waals surface area contributed by atoms with Gasteiger partial charge in [0.25, 0.3) is 5.91 Å². The first kappa shape index (κ1) is 23.3. The van der Waals surface area contributed by atoms with Gasteiger partial charge in [0.1, 0.15) is 18.9 Å². The third-order valence-corrected chi connectivity index (χ3v) is 6.16. The lowest BCUT2D eigenvalue weighted by Gasteiger charge is -2.14. The zero-order valence-corrected chi connectivity index (χ0v) is 20.0. The Bertz CT molecular complexity index is 1600. The standard InChI is InChI=1S/C29H22ClN3O3/c30-25-13-4-1-9-21(25)19-36-22-10-7-8-20(16-22)17-31-32-28(34)18-33-26-14-5-2-11-23(26)29(35)24-12-3-6-15-27(24)33/h1-17H,18-19H2,(H,32,34). The summed E-state index contributed by atoms with van der Waals surface area (Å²) in [7, 11) is 0. The first-order chi connectivity index (χ1) is 17.6. The Morgan fingerprint density at radius 3 is 2.28 bits per heavy atom. The van der Waals surface area contributed by atoms with Crippen LogP contribution in [0.25, 0.3) is 21.8 Å². The normalized spacial score (nSPS) is 11.2. The number of benzene rings is 4. The third kappa shape index (κ3) is 4.99. The summed E-state index contributed by atoms with van der Waals surface area (Å²) in [6.07, 6.45) is 1.56. The molecule has 0 saturated carbocycles. The zero-order valence-electron chi connectivity index (χ0n) is 19.2. The quantitative estimate of drug-likeness (QED) is 0.183. The lowest BCUT2D eigenvalue weighted by atomic mass is 10.1. The van der Waals surface area contributed by atoms with Gasteiger partial charge in [0, 0.05) is 21.4 Å². The van der Waals surface area contributed by atoms with Crippen LogP contribution in [0.2, 0.25) is 5.02 Å². The SMILES string of the molecule is O=C(Cn1c2ccccc2c(=O)c2ccccc21)NN=Cc1cccc(OCc2ccccc2Cl)c1. The van der Waals surface area contributed by atoms with Crippen molar-refractivity contribution >= 4 is 45.5 Å². The van der Waals surface area contributed by atoms with E-state index in [9.17, 15) is 9.59 Å². The molecule has 6 nitrogen and oxygen atoms in total. The summed E-state index contributed by atoms with van der Waals surface area (Å²) in [5, 5.41) is 5.91. The molecule has 36 heavy (non-hydrogen) atoms. The molecule has 178 valence electrons. The van der Waals surface area contributed by atoms with Gasteiger partial charge in [0.2, 0.25) is 0 Å². The van der Waals surface area contributed by atoms with Gasteiger partial charge in [0.15, 0.2) is 5.43 Å². The van der Waals surface area contributed by atoms with Crippen molar-refractivity contribution in [1.29, 1.82) is 0 Å². The average Bonchev–Trinajstić information content (AvgIpc) is 2.91. The maximum Gasteiger partial charge on any atom is 0.260 e. The van der Waals surface area contributed by atoms with Crippen molar-refractivity contribution in [3.8, 4) is 5.75 Å². The Morgan fingerprint density at radius 2 is 1.56 bits per heavy atom. The summed E-state index contributed by atoms with van der Waals surface area (Å²) in [4.78, 5) is 25.6. The van der Waals surface area contributed by atoms with E-state index in [2.05, 4.69) is 10.5 Å². The van der Waals surface area contributed by atoms with Crippen LogP contribution >= 0.6 is 11.6 Å². The predicted molar refractivity (Wildman–Crippen MR) is 144 cm³/mol. The maximum atomic E-state index is 12.9. The van der Waals surface area contributed by atoms with E-state index in [0.29, 0.717) is 39.2 Å². The van der Waals surface area contributed by atoms with E-state index in [0.717, 1.165) is 11.1 Å². The molecule has 1 amide bonds. The van der Waals surface area contributed by atoms with Crippen LogP contribution in [0.15, 0.2) is 107 Å². The molecule has 5 aromatic rings. The molecule has 0 radical (unpaired) electrons. The summed E-state index contributed by atoms with van der Waals surface area (Å²) in [6.45, 7) is 0.359. The van der Waals surface area contributed by atoms with Gasteiger partial charge in [-0.05, 0) is 48.0 Å². The molecule has 0 atom stereocenters. The van der Waals surface area contributed by atoms with Crippen molar-refractivity contribution in [1.82, 2.24) is 9.99 Å². The number of rotatable bonds is 7. The first-order valence-corrected chi connectivity index (χ1v) is 11.8. The fraction of sp³-hybridized carbons (Fsp3) is 0.0690. The van der Waals surface area contributed by atoms with E-state index in [-0.39, 0.29) is 17.9 Å². The molecule has 5 rings (SSSR count). The van der Waals surface area contributed by atoms with Gasteiger partial charge < -0.3 is 9.30 Å². The monoisotopic (exact) mass is 495 g/mol. The number of nitrogens with zero attached hydrogens (tertiary/aromatic N) is 2. The summed E-state index contributed by atoms with van der Waals surface area (Å²) in [5.74, 6) is 0.354. The molecule has 0 fully saturated rings. The number of pyridine rings is 1. The van der Waals surface area contributed by atoms with Gasteiger partial charge in [0.05, 0.1) is 17.2 Å². The molecule has 0 aliphatic heterocycles. The largest absolute Gasteiger partial charge is 0.489 e. The van der Waals surface area contributed by atoms with Crippen molar-refractivity contribution in [3.63, 3.8) is 0 Å². The second-order valence-corrected chi connectivity index (χ2v) is 8.60. The van der Waals surface area contributed by atoms with E-state index in [1.165, 1.54) is 0 Å². The minimum absolute atomic E-state index is 0.0135. The molecular weight excluding hydrogens is 474 g/mol. The molecule has 0 spiro atoms. The number of aromatic nitrogens is 1. The first-order valence-electron chi connectivity index (χ1n) is 11.4. The molecule has 1 aromatic heterocycles. The van der Waals surface area contributed by atoms with Crippen LogP contribution in [0.1, 0.15) is 11.1 Å². The molecule has 0 bridgehead atoms. The molecule has 4 aromatic carbocycles. The molecule has 1 N–H and O–H groups in total. The fourth-order valence-electron chi connectivity index (χ4n) is 4.07. The third-order valence-electron chi connectivity index (χ3n) is 5.79. The highest BCUT2D eigenvalue weighted by atomic mass is 35.5. The van der Waals surface area contributed by atoms with E-state index >= 15 is 0 Å². The Balaban J connectivity index is 1.29. The topological polar surface area (TPSA) is 72.7 Å². The lowest BCUT2D eigenvalue weighted by Crippen LogP contribution is -2.25. The highest BCUT2D eigenvalue weighted by Crippen LogP contribution is 2.20. The molecule has 1 heterocycles. The second kappa shape index (κ2) is 10.5. The number of ether oxygens (including phenoxy) is 1. The molecular formula is C29H22ClN3O3. The summed E-state index contributed by atoms with van der Waals surface area (Å²) in [5.41, 5.74) is 5.59.